The summed E-state index contributed by atoms with van der Waals surface area (Å²) in [5.74, 6) is 7.29. The topological polar surface area (TPSA) is 69.0 Å². The predicted octanol–water partition coefficient (Wildman–Crippen LogP) is 2.26. The number of hydrogen-bond acceptors (Lipinski definition) is 4. The van der Waals surface area contributed by atoms with E-state index in [2.05, 4.69) is 10.5 Å². The van der Waals surface area contributed by atoms with E-state index >= 15 is 0 Å². The van der Waals surface area contributed by atoms with Crippen molar-refractivity contribution in [1.29, 1.82) is 0 Å². The molecular formula is C12H17ClN4O. The molecule has 18 heavy (non-hydrogen) atoms. The fraction of sp³-hybridized carbons (Fsp3) is 0.417. The lowest BCUT2D eigenvalue weighted by Gasteiger charge is -2.15. The fourth-order valence-electron chi connectivity index (χ4n) is 1.95. The highest BCUT2D eigenvalue weighted by Crippen LogP contribution is 2.29. The Morgan fingerprint density at radius 2 is 2.28 bits per heavy atom. The van der Waals surface area contributed by atoms with Gasteiger partial charge < -0.3 is 4.42 Å². The van der Waals surface area contributed by atoms with Crippen LogP contribution in [0.4, 0.5) is 0 Å². The molecule has 0 spiro atoms. The Kier molecular flexibility index (Phi) is 4.06. The molecule has 0 aliphatic rings. The first-order valence-corrected chi connectivity index (χ1v) is 6.35. The molecule has 2 aromatic heterocycles. The SMILES string of the molecule is CCc1ccc(C(NN)c2c(Cl)cnn2CC)o1. The maximum atomic E-state index is 6.17. The van der Waals surface area contributed by atoms with Crippen molar-refractivity contribution in [3.63, 3.8) is 0 Å². The third kappa shape index (κ3) is 2.29. The number of nitrogens with zero attached hydrogens (tertiary/aromatic N) is 2. The minimum atomic E-state index is -0.291. The first-order valence-electron chi connectivity index (χ1n) is 5.97. The molecule has 1 unspecified atom stereocenters. The average Bonchev–Trinajstić information content (AvgIpc) is 2.99. The maximum Gasteiger partial charge on any atom is 0.128 e. The second-order valence-electron chi connectivity index (χ2n) is 3.95. The molecule has 0 radical (unpaired) electrons. The fourth-order valence-corrected chi connectivity index (χ4v) is 2.20. The van der Waals surface area contributed by atoms with E-state index in [4.69, 9.17) is 21.9 Å². The number of hydrogen-bond donors (Lipinski definition) is 2. The number of aromatic nitrogens is 2. The van der Waals surface area contributed by atoms with E-state index in [1.54, 1.807) is 10.9 Å². The van der Waals surface area contributed by atoms with Crippen LogP contribution < -0.4 is 11.3 Å². The van der Waals surface area contributed by atoms with Gasteiger partial charge in [-0.2, -0.15) is 5.10 Å². The zero-order chi connectivity index (χ0) is 13.1. The molecule has 3 N–H and O–H groups in total. The minimum Gasteiger partial charge on any atom is -0.464 e. The van der Waals surface area contributed by atoms with E-state index in [0.717, 1.165) is 30.2 Å². The van der Waals surface area contributed by atoms with Crippen molar-refractivity contribution in [2.45, 2.75) is 32.9 Å². The van der Waals surface area contributed by atoms with Gasteiger partial charge >= 0.3 is 0 Å². The molecule has 6 heteroatoms. The lowest BCUT2D eigenvalue weighted by molar-refractivity contribution is 0.411. The zero-order valence-corrected chi connectivity index (χ0v) is 11.2. The minimum absolute atomic E-state index is 0.291. The van der Waals surface area contributed by atoms with Crippen LogP contribution in [0.1, 0.15) is 37.1 Å². The normalized spacial score (nSPS) is 12.9. The lowest BCUT2D eigenvalue weighted by Crippen LogP contribution is -2.30. The molecule has 0 aliphatic carbocycles. The van der Waals surface area contributed by atoms with Crippen LogP contribution in [0.15, 0.2) is 22.7 Å². The van der Waals surface area contributed by atoms with Gasteiger partial charge in [-0.15, -0.1) is 0 Å². The van der Waals surface area contributed by atoms with Crippen LogP contribution in [0.2, 0.25) is 5.02 Å². The molecule has 0 aliphatic heterocycles. The summed E-state index contributed by atoms with van der Waals surface area (Å²) >= 11 is 6.17. The van der Waals surface area contributed by atoms with Gasteiger partial charge in [-0.05, 0) is 19.1 Å². The van der Waals surface area contributed by atoms with Crippen molar-refractivity contribution >= 4 is 11.6 Å². The number of halogens is 1. The Bertz CT molecular complexity index is 520. The number of aryl methyl sites for hydroxylation is 2. The van der Waals surface area contributed by atoms with Gasteiger partial charge in [-0.1, -0.05) is 18.5 Å². The van der Waals surface area contributed by atoms with Gasteiger partial charge in [-0.3, -0.25) is 10.5 Å². The Morgan fingerprint density at radius 1 is 1.50 bits per heavy atom. The molecule has 0 bridgehead atoms. The standard InChI is InChI=1S/C12H17ClN4O/c1-3-8-5-6-10(18-8)11(16-14)12-9(13)7-15-17(12)4-2/h5-7,11,16H,3-4,14H2,1-2H3. The quantitative estimate of drug-likeness (QED) is 0.645. The summed E-state index contributed by atoms with van der Waals surface area (Å²) in [6, 6.07) is 3.56. The van der Waals surface area contributed by atoms with Crippen molar-refractivity contribution in [3.8, 4) is 0 Å². The van der Waals surface area contributed by atoms with Crippen molar-refractivity contribution in [2.24, 2.45) is 5.84 Å². The van der Waals surface area contributed by atoms with E-state index in [9.17, 15) is 0 Å². The summed E-state index contributed by atoms with van der Waals surface area (Å²) in [5, 5.41) is 4.78. The second kappa shape index (κ2) is 5.56. The van der Waals surface area contributed by atoms with E-state index in [0.29, 0.717) is 5.02 Å². The molecule has 0 saturated heterocycles. The molecule has 2 heterocycles. The highest BCUT2D eigenvalue weighted by Gasteiger charge is 2.23. The molecule has 0 aromatic carbocycles. The van der Waals surface area contributed by atoms with Gasteiger partial charge in [-0.25, -0.2) is 5.43 Å². The third-order valence-corrected chi connectivity index (χ3v) is 3.18. The van der Waals surface area contributed by atoms with Gasteiger partial charge in [0.25, 0.3) is 0 Å². The van der Waals surface area contributed by atoms with Gasteiger partial charge in [0.05, 0.1) is 16.9 Å². The van der Waals surface area contributed by atoms with Crippen LogP contribution in [0.25, 0.3) is 0 Å². The van der Waals surface area contributed by atoms with Crippen LogP contribution in [0.5, 0.6) is 0 Å². The smallest absolute Gasteiger partial charge is 0.128 e. The summed E-state index contributed by atoms with van der Waals surface area (Å²) < 4.78 is 7.53. The van der Waals surface area contributed by atoms with E-state index < -0.39 is 0 Å². The molecule has 0 saturated carbocycles. The van der Waals surface area contributed by atoms with Crippen LogP contribution in [-0.2, 0) is 13.0 Å². The molecule has 5 nitrogen and oxygen atoms in total. The second-order valence-corrected chi connectivity index (χ2v) is 4.36. The number of nitrogens with two attached hydrogens (primary N) is 1. The number of nitrogens with one attached hydrogen (secondary N) is 1. The zero-order valence-electron chi connectivity index (χ0n) is 10.5. The molecule has 1 atom stereocenters. The van der Waals surface area contributed by atoms with Crippen LogP contribution in [0, 0.1) is 0 Å². The highest BCUT2D eigenvalue weighted by molar-refractivity contribution is 6.31. The van der Waals surface area contributed by atoms with Crippen molar-refractivity contribution in [2.75, 3.05) is 0 Å². The molecular weight excluding hydrogens is 252 g/mol. The first kappa shape index (κ1) is 13.1. The van der Waals surface area contributed by atoms with Crippen molar-refractivity contribution < 1.29 is 4.42 Å². The van der Waals surface area contributed by atoms with Gasteiger partial charge in [0.1, 0.15) is 17.6 Å². The van der Waals surface area contributed by atoms with E-state index in [-0.39, 0.29) is 6.04 Å². The molecule has 98 valence electrons. The third-order valence-electron chi connectivity index (χ3n) is 2.89. The average molecular weight is 269 g/mol. The van der Waals surface area contributed by atoms with Crippen LogP contribution >= 0.6 is 11.6 Å². The number of furan rings is 1. The Hall–Kier alpha value is -1.30. The van der Waals surface area contributed by atoms with E-state index in [1.165, 1.54) is 0 Å². The van der Waals surface area contributed by atoms with Gasteiger partial charge in [0.15, 0.2) is 0 Å². The summed E-state index contributed by atoms with van der Waals surface area (Å²) in [4.78, 5) is 0. The Balaban J connectivity index is 2.41. The summed E-state index contributed by atoms with van der Waals surface area (Å²) in [6.07, 6.45) is 2.46. The monoisotopic (exact) mass is 268 g/mol. The Morgan fingerprint density at radius 3 is 2.83 bits per heavy atom. The van der Waals surface area contributed by atoms with Gasteiger partial charge in [0, 0.05) is 13.0 Å². The summed E-state index contributed by atoms with van der Waals surface area (Å²) in [7, 11) is 0. The van der Waals surface area contributed by atoms with E-state index in [1.807, 2.05) is 26.0 Å². The molecule has 2 rings (SSSR count). The molecule has 0 fully saturated rings. The molecule has 2 aromatic rings. The molecule has 0 amide bonds. The number of rotatable bonds is 5. The summed E-state index contributed by atoms with van der Waals surface area (Å²) in [5.41, 5.74) is 3.55. The largest absolute Gasteiger partial charge is 0.464 e. The highest BCUT2D eigenvalue weighted by atomic mass is 35.5. The predicted molar refractivity (Wildman–Crippen MR) is 70.2 cm³/mol. The van der Waals surface area contributed by atoms with Crippen LogP contribution in [0.3, 0.4) is 0 Å². The first-order chi connectivity index (χ1) is 8.71. The van der Waals surface area contributed by atoms with Gasteiger partial charge in [0.2, 0.25) is 0 Å². The Labute approximate surface area is 111 Å². The summed E-state index contributed by atoms with van der Waals surface area (Å²) in [6.45, 7) is 4.76. The lowest BCUT2D eigenvalue weighted by atomic mass is 10.1. The maximum absolute atomic E-state index is 6.17. The van der Waals surface area contributed by atoms with Crippen LogP contribution in [-0.4, -0.2) is 9.78 Å². The van der Waals surface area contributed by atoms with Crippen molar-refractivity contribution in [3.05, 3.63) is 40.6 Å². The van der Waals surface area contributed by atoms with Crippen molar-refractivity contribution in [1.82, 2.24) is 15.2 Å². The number of hydrazine groups is 1.